The van der Waals surface area contributed by atoms with Crippen LogP contribution >= 0.6 is 0 Å². The van der Waals surface area contributed by atoms with Crippen molar-refractivity contribution in [2.24, 2.45) is 0 Å². The van der Waals surface area contributed by atoms with Crippen LogP contribution in [0.3, 0.4) is 0 Å². The maximum absolute atomic E-state index is 2.42. The second kappa shape index (κ2) is 3.42. The molecule has 2 aromatic carbocycles. The summed E-state index contributed by atoms with van der Waals surface area (Å²) < 4.78 is 2.42. The summed E-state index contributed by atoms with van der Waals surface area (Å²) >= 11 is 0. The summed E-state index contributed by atoms with van der Waals surface area (Å²) in [5.74, 6) is 0. The molecule has 0 N–H and O–H groups in total. The lowest BCUT2D eigenvalue weighted by molar-refractivity contribution is -0.645. The summed E-state index contributed by atoms with van der Waals surface area (Å²) in [6, 6.07) is 19.8. The molecule has 86 valence electrons. The van der Waals surface area contributed by atoms with Gasteiger partial charge in [-0.2, -0.15) is 4.57 Å². The van der Waals surface area contributed by atoms with Gasteiger partial charge in [0, 0.05) is 23.1 Å². The zero-order chi connectivity index (χ0) is 12.1. The molecule has 1 aliphatic heterocycles. The average molecular weight is 232 g/mol. The van der Waals surface area contributed by atoms with E-state index in [0.717, 1.165) is 6.54 Å². The molecule has 4 rings (SSSR count). The molecule has 0 saturated heterocycles. The van der Waals surface area contributed by atoms with Crippen molar-refractivity contribution in [2.45, 2.75) is 13.5 Å². The molecule has 0 amide bonds. The van der Waals surface area contributed by atoms with Crippen LogP contribution in [0.2, 0.25) is 0 Å². The summed E-state index contributed by atoms with van der Waals surface area (Å²) in [5, 5.41) is 1.32. The van der Waals surface area contributed by atoms with Gasteiger partial charge in [-0.3, -0.25) is 0 Å². The number of hydrogen-bond acceptors (Lipinski definition) is 0. The fourth-order valence-corrected chi connectivity index (χ4v) is 2.90. The molecule has 0 aliphatic carbocycles. The van der Waals surface area contributed by atoms with Crippen molar-refractivity contribution in [3.05, 3.63) is 65.7 Å². The Bertz CT molecular complexity index is 772. The number of aromatic nitrogens is 1. The van der Waals surface area contributed by atoms with Crippen LogP contribution in [0.5, 0.6) is 0 Å². The second-order valence-electron chi connectivity index (χ2n) is 5.02. The molecule has 1 nitrogen and oxygen atoms in total. The lowest BCUT2D eigenvalue weighted by Gasteiger charge is -2.00. The highest BCUT2D eigenvalue weighted by atomic mass is 15.0. The molecule has 1 heteroatoms. The molecular weight excluding hydrogens is 218 g/mol. The van der Waals surface area contributed by atoms with Gasteiger partial charge in [-0.1, -0.05) is 24.3 Å². The monoisotopic (exact) mass is 232 g/mol. The van der Waals surface area contributed by atoms with E-state index >= 15 is 0 Å². The standard InChI is InChI=1S/C17H14N/c1-12-6-7-13-8-9-16-15-5-3-2-4-14(15)11-18(16)17(13)10-12/h2-10H,11H2,1H3/q+1. The minimum Gasteiger partial charge on any atom is -0.187 e. The van der Waals surface area contributed by atoms with E-state index in [1.54, 1.807) is 0 Å². The average Bonchev–Trinajstić information content (AvgIpc) is 2.78. The van der Waals surface area contributed by atoms with Gasteiger partial charge in [-0.15, -0.1) is 0 Å². The van der Waals surface area contributed by atoms with Gasteiger partial charge in [-0.05, 0) is 30.7 Å². The third kappa shape index (κ3) is 1.25. The number of nitrogens with zero attached hydrogens (tertiary/aromatic N) is 1. The molecule has 0 fully saturated rings. The summed E-state index contributed by atoms with van der Waals surface area (Å²) in [6.07, 6.45) is 0. The molecule has 1 aliphatic rings. The van der Waals surface area contributed by atoms with Gasteiger partial charge >= 0.3 is 0 Å². The van der Waals surface area contributed by atoms with E-state index in [9.17, 15) is 0 Å². The Hall–Kier alpha value is -2.15. The number of aryl methyl sites for hydroxylation is 1. The first-order chi connectivity index (χ1) is 8.83. The normalized spacial score (nSPS) is 12.5. The van der Waals surface area contributed by atoms with E-state index in [2.05, 4.69) is 66.1 Å². The van der Waals surface area contributed by atoms with E-state index in [4.69, 9.17) is 0 Å². The largest absolute Gasteiger partial charge is 0.213 e. The molecule has 0 saturated carbocycles. The predicted octanol–water partition coefficient (Wildman–Crippen LogP) is 3.46. The molecule has 0 radical (unpaired) electrons. The highest BCUT2D eigenvalue weighted by Gasteiger charge is 2.27. The predicted molar refractivity (Wildman–Crippen MR) is 73.4 cm³/mol. The van der Waals surface area contributed by atoms with E-state index < -0.39 is 0 Å². The molecule has 0 atom stereocenters. The second-order valence-corrected chi connectivity index (χ2v) is 5.02. The fourth-order valence-electron chi connectivity index (χ4n) is 2.90. The Morgan fingerprint density at radius 3 is 2.72 bits per heavy atom. The lowest BCUT2D eigenvalue weighted by atomic mass is 10.1. The Morgan fingerprint density at radius 2 is 1.78 bits per heavy atom. The first kappa shape index (κ1) is 9.84. The number of benzene rings is 2. The third-order valence-electron chi connectivity index (χ3n) is 3.81. The van der Waals surface area contributed by atoms with Crippen LogP contribution in [-0.4, -0.2) is 0 Å². The summed E-state index contributed by atoms with van der Waals surface area (Å²) in [6.45, 7) is 3.15. The minimum absolute atomic E-state index is 0.992. The van der Waals surface area contributed by atoms with E-state index in [1.807, 2.05) is 0 Å². The summed E-state index contributed by atoms with van der Waals surface area (Å²) in [4.78, 5) is 0. The van der Waals surface area contributed by atoms with Crippen LogP contribution in [0, 0.1) is 6.92 Å². The summed E-state index contributed by atoms with van der Waals surface area (Å²) in [5.41, 5.74) is 6.79. The van der Waals surface area contributed by atoms with E-state index in [0.29, 0.717) is 0 Å². The van der Waals surface area contributed by atoms with E-state index in [-0.39, 0.29) is 0 Å². The smallest absolute Gasteiger partial charge is 0.187 e. The Kier molecular flexibility index (Phi) is 1.87. The van der Waals surface area contributed by atoms with Crippen LogP contribution < -0.4 is 4.57 Å². The van der Waals surface area contributed by atoms with Crippen molar-refractivity contribution >= 4 is 10.9 Å². The first-order valence-electron chi connectivity index (χ1n) is 6.34. The van der Waals surface area contributed by atoms with Crippen molar-refractivity contribution in [3.63, 3.8) is 0 Å². The van der Waals surface area contributed by atoms with Gasteiger partial charge in [0.15, 0.2) is 6.54 Å². The van der Waals surface area contributed by atoms with Crippen LogP contribution in [0.25, 0.3) is 22.2 Å². The highest BCUT2D eigenvalue weighted by molar-refractivity contribution is 5.79. The molecule has 3 aromatic rings. The first-order valence-corrected chi connectivity index (χ1v) is 6.34. The number of rotatable bonds is 0. The van der Waals surface area contributed by atoms with E-state index in [1.165, 1.54) is 33.3 Å². The zero-order valence-electron chi connectivity index (χ0n) is 10.4. The SMILES string of the molecule is Cc1ccc2ccc3[n+](c2c1)Cc1ccccc1-3. The van der Waals surface area contributed by atoms with Gasteiger partial charge in [0.25, 0.3) is 0 Å². The molecule has 0 spiro atoms. The van der Waals surface area contributed by atoms with Crippen molar-refractivity contribution in [3.8, 4) is 11.3 Å². The van der Waals surface area contributed by atoms with Crippen LogP contribution in [0.1, 0.15) is 11.1 Å². The van der Waals surface area contributed by atoms with Gasteiger partial charge in [0.1, 0.15) is 0 Å². The molecule has 2 heterocycles. The topological polar surface area (TPSA) is 3.88 Å². The fraction of sp³-hybridized carbons (Fsp3) is 0.118. The molecule has 0 unspecified atom stereocenters. The molecule has 18 heavy (non-hydrogen) atoms. The molecular formula is C17H14N+. The highest BCUT2D eigenvalue weighted by Crippen LogP contribution is 2.28. The number of hydrogen-bond donors (Lipinski definition) is 0. The minimum atomic E-state index is 0.992. The van der Waals surface area contributed by atoms with Crippen molar-refractivity contribution in [1.82, 2.24) is 0 Å². The molecule has 0 bridgehead atoms. The third-order valence-corrected chi connectivity index (χ3v) is 3.81. The lowest BCUT2D eigenvalue weighted by Crippen LogP contribution is -2.33. The summed E-state index contributed by atoms with van der Waals surface area (Å²) in [7, 11) is 0. The van der Waals surface area contributed by atoms with Gasteiger partial charge < -0.3 is 0 Å². The number of pyridine rings is 1. The Labute approximate surface area is 106 Å². The van der Waals surface area contributed by atoms with Crippen LogP contribution in [0.15, 0.2) is 54.6 Å². The van der Waals surface area contributed by atoms with Gasteiger partial charge in [0.2, 0.25) is 11.2 Å². The quantitative estimate of drug-likeness (QED) is 0.409. The zero-order valence-corrected chi connectivity index (χ0v) is 10.4. The van der Waals surface area contributed by atoms with Gasteiger partial charge in [-0.25, -0.2) is 0 Å². The van der Waals surface area contributed by atoms with Crippen molar-refractivity contribution in [1.29, 1.82) is 0 Å². The Balaban J connectivity index is 2.09. The Morgan fingerprint density at radius 1 is 0.944 bits per heavy atom. The van der Waals surface area contributed by atoms with Gasteiger partial charge in [0.05, 0.1) is 5.56 Å². The van der Waals surface area contributed by atoms with Crippen molar-refractivity contribution < 1.29 is 4.57 Å². The van der Waals surface area contributed by atoms with Crippen LogP contribution in [0.4, 0.5) is 0 Å². The maximum atomic E-state index is 2.42. The molecule has 1 aromatic heterocycles. The van der Waals surface area contributed by atoms with Crippen molar-refractivity contribution in [2.75, 3.05) is 0 Å². The maximum Gasteiger partial charge on any atom is 0.213 e. The number of fused-ring (bicyclic) bond motifs is 5. The van der Waals surface area contributed by atoms with Crippen LogP contribution in [-0.2, 0) is 6.54 Å².